The van der Waals surface area contributed by atoms with Gasteiger partial charge in [0.05, 0.1) is 9.60 Å². The summed E-state index contributed by atoms with van der Waals surface area (Å²) in [6, 6.07) is 41.0. The summed E-state index contributed by atoms with van der Waals surface area (Å²) in [4.78, 5) is 0. The third kappa shape index (κ3) is 3.85. The number of hydrogen-bond acceptors (Lipinski definition) is 0. The van der Waals surface area contributed by atoms with Crippen LogP contribution >= 0.6 is 0 Å². The van der Waals surface area contributed by atoms with E-state index < -0.39 is 12.1 Å². The molecule has 204 valence electrons. The minimum absolute atomic E-state index is 0.0502. The molecule has 0 unspecified atom stereocenters. The molecular formula is C44H28. The van der Waals surface area contributed by atoms with Crippen molar-refractivity contribution in [2.75, 3.05) is 0 Å². The molecule has 0 amide bonds. The maximum absolute atomic E-state index is 9.19. The maximum Gasteiger partial charge on any atom is 0.0629 e. The Bertz CT molecular complexity index is 2880. The molecular weight excluding hydrogens is 528 g/mol. The smallest absolute Gasteiger partial charge is 0.0616 e. The molecule has 9 aromatic carbocycles. The van der Waals surface area contributed by atoms with Gasteiger partial charge in [-0.25, -0.2) is 0 Å². The minimum atomic E-state index is -0.464. The zero-order valence-electron chi connectivity index (χ0n) is 30.6. The van der Waals surface area contributed by atoms with Crippen molar-refractivity contribution in [1.29, 1.82) is 0 Å². The van der Waals surface area contributed by atoms with E-state index in [0.717, 1.165) is 49.0 Å². The van der Waals surface area contributed by atoms with Gasteiger partial charge in [0.2, 0.25) is 0 Å². The van der Waals surface area contributed by atoms with Gasteiger partial charge in [-0.2, -0.15) is 0 Å². The predicted octanol–water partition coefficient (Wildman–Crippen LogP) is 12.5. The first-order valence-corrected chi connectivity index (χ1v) is 14.7. The molecule has 0 saturated carbocycles. The fourth-order valence-corrected chi connectivity index (χ4v) is 6.76. The molecule has 0 aromatic heterocycles. The second-order valence-corrected chi connectivity index (χ2v) is 11.1. The molecule has 0 saturated heterocycles. The molecule has 0 aliphatic heterocycles. The van der Waals surface area contributed by atoms with Gasteiger partial charge < -0.3 is 0 Å². The first-order valence-electron chi connectivity index (χ1n) is 18.2. The van der Waals surface area contributed by atoms with Crippen molar-refractivity contribution in [3.63, 3.8) is 0 Å². The van der Waals surface area contributed by atoms with E-state index >= 15 is 0 Å². The lowest BCUT2D eigenvalue weighted by atomic mass is 9.84. The van der Waals surface area contributed by atoms with E-state index in [-0.39, 0.29) is 46.5 Å². The van der Waals surface area contributed by atoms with Crippen molar-refractivity contribution < 1.29 is 9.60 Å². The lowest BCUT2D eigenvalue weighted by Crippen LogP contribution is -1.91. The standard InChI is InChI=1S/C44H28/c1-3-15-35-30(11-1)13-9-21-37(35)32-25-23-29-24-26-33(28-34(29)27-32)43-39-17-5-7-19-41(39)44(42-20-8-6-18-40(42)43)38-22-10-14-31-12-2-4-16-36(31)38/h1-28H/i2D,4D,10D,12D,14D,16D,22D. The molecule has 0 nitrogen and oxygen atoms in total. The van der Waals surface area contributed by atoms with E-state index in [9.17, 15) is 1.37 Å². The van der Waals surface area contributed by atoms with Crippen LogP contribution in [0.15, 0.2) is 170 Å². The molecule has 0 aliphatic carbocycles. The molecule has 9 rings (SSSR count). The van der Waals surface area contributed by atoms with Crippen LogP contribution < -0.4 is 0 Å². The topological polar surface area (TPSA) is 0 Å². The summed E-state index contributed by atoms with van der Waals surface area (Å²) in [5.41, 5.74) is 5.16. The molecule has 0 heteroatoms. The average Bonchev–Trinajstić information content (AvgIpc) is 3.17. The van der Waals surface area contributed by atoms with Crippen LogP contribution in [0.25, 0.3) is 87.2 Å². The van der Waals surface area contributed by atoms with E-state index in [1.54, 1.807) is 0 Å². The average molecular weight is 564 g/mol. The molecule has 44 heavy (non-hydrogen) atoms. The monoisotopic (exact) mass is 563 g/mol. The summed E-state index contributed by atoms with van der Waals surface area (Å²) in [6.45, 7) is 0. The normalized spacial score (nSPS) is 13.9. The van der Waals surface area contributed by atoms with Crippen molar-refractivity contribution in [1.82, 2.24) is 0 Å². The van der Waals surface area contributed by atoms with E-state index in [2.05, 4.69) is 78.9 Å². The van der Waals surface area contributed by atoms with Crippen LogP contribution in [0.3, 0.4) is 0 Å². The quantitative estimate of drug-likeness (QED) is 0.188. The van der Waals surface area contributed by atoms with Gasteiger partial charge >= 0.3 is 0 Å². The Morgan fingerprint density at radius 1 is 0.318 bits per heavy atom. The van der Waals surface area contributed by atoms with Gasteiger partial charge in [0.15, 0.2) is 0 Å². The fraction of sp³-hybridized carbons (Fsp3) is 0. The van der Waals surface area contributed by atoms with Crippen molar-refractivity contribution in [2.45, 2.75) is 0 Å². The molecule has 0 atom stereocenters. The number of fused-ring (bicyclic) bond motifs is 5. The zero-order valence-corrected chi connectivity index (χ0v) is 23.6. The molecule has 0 radical (unpaired) electrons. The molecule has 9 aromatic rings. The summed E-state index contributed by atoms with van der Waals surface area (Å²) < 4.78 is 61.1. The highest BCUT2D eigenvalue weighted by Crippen LogP contribution is 2.45. The summed E-state index contributed by atoms with van der Waals surface area (Å²) in [5, 5.41) is 8.02. The fourth-order valence-electron chi connectivity index (χ4n) is 6.76. The van der Waals surface area contributed by atoms with Gasteiger partial charge in [0.1, 0.15) is 0 Å². The Kier molecular flexibility index (Phi) is 4.23. The van der Waals surface area contributed by atoms with Gasteiger partial charge in [-0.05, 0) is 99.4 Å². The lowest BCUT2D eigenvalue weighted by molar-refractivity contribution is 1.66. The highest BCUT2D eigenvalue weighted by atomic mass is 14.2. The largest absolute Gasteiger partial charge is 0.0629 e. The van der Waals surface area contributed by atoms with Crippen molar-refractivity contribution in [2.24, 2.45) is 0 Å². The van der Waals surface area contributed by atoms with E-state index in [1.165, 1.54) is 16.3 Å². The number of hydrogen-bond donors (Lipinski definition) is 0. The highest BCUT2D eigenvalue weighted by molar-refractivity contribution is 6.23. The van der Waals surface area contributed by atoms with Crippen molar-refractivity contribution in [3.8, 4) is 33.4 Å². The number of rotatable bonds is 3. The van der Waals surface area contributed by atoms with Crippen LogP contribution in [0.2, 0.25) is 0 Å². The third-order valence-corrected chi connectivity index (χ3v) is 8.72. The Hall–Kier alpha value is -5.72. The van der Waals surface area contributed by atoms with Gasteiger partial charge in [0.25, 0.3) is 0 Å². The van der Waals surface area contributed by atoms with Gasteiger partial charge in [-0.3, -0.25) is 0 Å². The maximum atomic E-state index is 9.19. The lowest BCUT2D eigenvalue weighted by Gasteiger charge is -2.19. The third-order valence-electron chi connectivity index (χ3n) is 8.72. The van der Waals surface area contributed by atoms with Crippen LogP contribution in [0.4, 0.5) is 0 Å². The zero-order chi connectivity index (χ0) is 35.1. The molecule has 0 spiro atoms. The first kappa shape index (κ1) is 18.7. The summed E-state index contributed by atoms with van der Waals surface area (Å²) in [5.74, 6) is 0. The van der Waals surface area contributed by atoms with Crippen LogP contribution in [0, 0.1) is 0 Å². The van der Waals surface area contributed by atoms with Crippen molar-refractivity contribution in [3.05, 3.63) is 170 Å². The van der Waals surface area contributed by atoms with Gasteiger partial charge in [-0.15, -0.1) is 0 Å². The van der Waals surface area contributed by atoms with Crippen LogP contribution in [-0.2, 0) is 0 Å². The minimum Gasteiger partial charge on any atom is -0.0616 e. The molecule has 0 aliphatic rings. The predicted molar refractivity (Wildman–Crippen MR) is 190 cm³/mol. The summed E-state index contributed by atoms with van der Waals surface area (Å²) >= 11 is 0. The van der Waals surface area contributed by atoms with Crippen molar-refractivity contribution >= 4 is 53.9 Å². The summed E-state index contributed by atoms with van der Waals surface area (Å²) in [7, 11) is 0. The first-order chi connectivity index (χ1) is 24.7. The van der Waals surface area contributed by atoms with Crippen LogP contribution in [-0.4, -0.2) is 0 Å². The summed E-state index contributed by atoms with van der Waals surface area (Å²) in [6.07, 6.45) is 0. The SMILES string of the molecule is [2H]c1c([2H])c([2H])c2c(-c3c4ccccc4c(-c4ccc5ccc(-c6cccc7ccccc67)cc5c4)c4ccccc34)c([2H])c([2H])c([2H])c2c1[2H]. The van der Waals surface area contributed by atoms with E-state index in [1.807, 2.05) is 48.5 Å². The highest BCUT2D eigenvalue weighted by Gasteiger charge is 2.18. The Labute approximate surface area is 266 Å². The second-order valence-electron chi connectivity index (χ2n) is 11.1. The van der Waals surface area contributed by atoms with Crippen LogP contribution in [0.5, 0.6) is 0 Å². The molecule has 0 bridgehead atoms. The Balaban J connectivity index is 1.36. The Morgan fingerprint density at radius 3 is 1.68 bits per heavy atom. The van der Waals surface area contributed by atoms with Gasteiger partial charge in [-0.1, -0.05) is 158 Å². The van der Waals surface area contributed by atoms with Gasteiger partial charge in [0, 0.05) is 0 Å². The van der Waals surface area contributed by atoms with Crippen LogP contribution in [0.1, 0.15) is 9.60 Å². The number of benzene rings is 9. The molecule has 0 N–H and O–H groups in total. The molecule has 0 heterocycles. The second kappa shape index (κ2) is 9.93. The van der Waals surface area contributed by atoms with E-state index in [0.29, 0.717) is 5.56 Å². The van der Waals surface area contributed by atoms with E-state index in [4.69, 9.17) is 8.22 Å². The Morgan fingerprint density at radius 2 is 0.909 bits per heavy atom. The molecule has 0 fully saturated rings.